The molecular formula is C23H23B4ClFN5O6. The first-order chi connectivity index (χ1) is 18.2. The summed E-state index contributed by atoms with van der Waals surface area (Å²) >= 11 is 6.28. The van der Waals surface area contributed by atoms with Gasteiger partial charge in [-0.1, -0.05) is 11.6 Å². The molecule has 2 aromatic rings. The van der Waals surface area contributed by atoms with Crippen LogP contribution in [0.3, 0.4) is 0 Å². The van der Waals surface area contributed by atoms with Crippen LogP contribution in [0, 0.1) is 5.95 Å². The second kappa shape index (κ2) is 11.4. The predicted molar refractivity (Wildman–Crippen MR) is 145 cm³/mol. The molecule has 0 saturated carbocycles. The summed E-state index contributed by atoms with van der Waals surface area (Å²) in [6.45, 7) is 4.95. The molecular weight excluding hydrogens is 540 g/mol. The number of ether oxygens (including phenoxy) is 1. The number of carbonyl (C=O) groups is 3. The van der Waals surface area contributed by atoms with Gasteiger partial charge in [-0.05, 0) is 44.5 Å². The summed E-state index contributed by atoms with van der Waals surface area (Å²) in [5.41, 5.74) is -3.48. The van der Waals surface area contributed by atoms with E-state index in [-0.39, 0.29) is 36.0 Å². The Morgan fingerprint density at radius 2 is 1.73 bits per heavy atom. The van der Waals surface area contributed by atoms with E-state index < -0.39 is 52.1 Å². The van der Waals surface area contributed by atoms with Crippen LogP contribution < -0.4 is 5.32 Å². The zero-order chi connectivity index (χ0) is 30.2. The van der Waals surface area contributed by atoms with Gasteiger partial charge in [0.1, 0.15) is 47.8 Å². The number of piperazine rings is 1. The molecule has 0 aromatic carbocycles. The monoisotopic (exact) mass is 563 g/mol. The first-order valence-electron chi connectivity index (χ1n) is 11.8. The molecule has 1 aliphatic heterocycles. The van der Waals surface area contributed by atoms with E-state index in [1.54, 1.807) is 20.8 Å². The number of amides is 3. The summed E-state index contributed by atoms with van der Waals surface area (Å²) < 4.78 is 19.8. The number of rotatable bonds is 5. The van der Waals surface area contributed by atoms with Gasteiger partial charge < -0.3 is 30.1 Å². The van der Waals surface area contributed by atoms with Gasteiger partial charge in [-0.2, -0.15) is 4.39 Å². The Hall–Kier alpha value is -3.09. The SMILES string of the molecule is [B]C([B])(O)NC(=O)c1cc(-c2cc(C3CN(C(=O)OC(C)(C)C)CCN3C(=O)C([B])([B])O)cc(Cl)n2)cc(F)n1. The topological polar surface area (TPSA) is 145 Å². The third kappa shape index (κ3) is 8.21. The highest BCUT2D eigenvalue weighted by Crippen LogP contribution is 2.32. The number of nitrogens with one attached hydrogen (secondary N) is 1. The van der Waals surface area contributed by atoms with Crippen LogP contribution in [0.4, 0.5) is 9.18 Å². The smallest absolute Gasteiger partial charge is 0.410 e. The van der Waals surface area contributed by atoms with Crippen LogP contribution >= 0.6 is 11.6 Å². The van der Waals surface area contributed by atoms with Gasteiger partial charge in [-0.3, -0.25) is 9.59 Å². The average Bonchev–Trinajstić information content (AvgIpc) is 2.79. The Bertz CT molecular complexity index is 1320. The fraction of sp³-hybridized carbons (Fsp3) is 0.435. The molecule has 0 bridgehead atoms. The van der Waals surface area contributed by atoms with Crippen molar-refractivity contribution in [2.24, 2.45) is 0 Å². The molecule has 1 aliphatic rings. The van der Waals surface area contributed by atoms with Crippen molar-refractivity contribution in [3.8, 4) is 11.3 Å². The van der Waals surface area contributed by atoms with Crippen LogP contribution in [-0.4, -0.2) is 115 Å². The van der Waals surface area contributed by atoms with Crippen LogP contribution in [-0.2, 0) is 9.53 Å². The Balaban J connectivity index is 2.06. The minimum atomic E-state index is -2.71. The van der Waals surface area contributed by atoms with Gasteiger partial charge in [-0.15, -0.1) is 0 Å². The predicted octanol–water partition coefficient (Wildman–Crippen LogP) is -0.290. The van der Waals surface area contributed by atoms with Crippen molar-refractivity contribution in [2.45, 2.75) is 43.3 Å². The Morgan fingerprint density at radius 1 is 1.07 bits per heavy atom. The lowest BCUT2D eigenvalue weighted by atomic mass is 9.64. The van der Waals surface area contributed by atoms with E-state index in [9.17, 15) is 29.0 Å². The van der Waals surface area contributed by atoms with Gasteiger partial charge in [0.2, 0.25) is 11.9 Å². The maximum atomic E-state index is 14.4. The number of hydrogen-bond acceptors (Lipinski definition) is 8. The molecule has 17 heteroatoms. The molecule has 1 unspecified atom stereocenters. The van der Waals surface area contributed by atoms with Crippen LogP contribution in [0.5, 0.6) is 0 Å². The van der Waals surface area contributed by atoms with Crippen LogP contribution in [0.2, 0.25) is 5.15 Å². The van der Waals surface area contributed by atoms with Crippen LogP contribution in [0.1, 0.15) is 42.9 Å². The van der Waals surface area contributed by atoms with Gasteiger partial charge in [0.05, 0.1) is 17.1 Å². The molecule has 8 radical (unpaired) electrons. The maximum absolute atomic E-state index is 14.4. The normalized spacial score (nSPS) is 16.4. The fourth-order valence-corrected chi connectivity index (χ4v) is 4.11. The fourth-order valence-electron chi connectivity index (χ4n) is 3.90. The summed E-state index contributed by atoms with van der Waals surface area (Å²) in [6, 6.07) is 3.98. The highest BCUT2D eigenvalue weighted by molar-refractivity contribution is 6.49. The minimum absolute atomic E-state index is 0.0332. The Morgan fingerprint density at radius 3 is 2.30 bits per heavy atom. The third-order valence-electron chi connectivity index (χ3n) is 5.47. The summed E-state index contributed by atoms with van der Waals surface area (Å²) in [4.78, 5) is 48.2. The van der Waals surface area contributed by atoms with Crippen molar-refractivity contribution in [3.05, 3.63) is 46.6 Å². The first-order valence-corrected chi connectivity index (χ1v) is 12.2. The van der Waals surface area contributed by atoms with Gasteiger partial charge in [0, 0.05) is 36.8 Å². The molecule has 1 atom stereocenters. The van der Waals surface area contributed by atoms with Gasteiger partial charge >= 0.3 is 6.09 Å². The molecule has 40 heavy (non-hydrogen) atoms. The van der Waals surface area contributed by atoms with Crippen LogP contribution in [0.25, 0.3) is 11.3 Å². The minimum Gasteiger partial charge on any atom is -0.444 e. The van der Waals surface area contributed by atoms with Crippen LogP contribution in [0.15, 0.2) is 24.3 Å². The maximum Gasteiger partial charge on any atom is 0.410 e. The molecule has 0 aliphatic carbocycles. The van der Waals surface area contributed by atoms with Crippen molar-refractivity contribution in [1.82, 2.24) is 25.1 Å². The molecule has 3 N–H and O–H groups in total. The number of hydrogen-bond donors (Lipinski definition) is 3. The quantitative estimate of drug-likeness (QED) is 0.256. The van der Waals surface area contributed by atoms with E-state index in [0.717, 1.165) is 12.1 Å². The number of nitrogens with zero attached hydrogens (tertiary/aromatic N) is 4. The van der Waals surface area contributed by atoms with Crippen molar-refractivity contribution < 1.29 is 33.7 Å². The third-order valence-corrected chi connectivity index (χ3v) is 5.67. The number of halogens is 2. The lowest BCUT2D eigenvalue weighted by Gasteiger charge is -2.44. The first kappa shape index (κ1) is 31.4. The second-order valence-corrected chi connectivity index (χ2v) is 10.6. The van der Waals surface area contributed by atoms with Crippen molar-refractivity contribution in [2.75, 3.05) is 19.6 Å². The molecule has 3 amide bonds. The second-order valence-electron chi connectivity index (χ2n) is 10.2. The van der Waals surface area contributed by atoms with E-state index >= 15 is 0 Å². The van der Waals surface area contributed by atoms with E-state index in [2.05, 4.69) is 9.97 Å². The molecule has 3 rings (SSSR count). The number of carbonyl (C=O) groups excluding carboxylic acids is 3. The van der Waals surface area contributed by atoms with Gasteiger partial charge in [-0.25, -0.2) is 14.8 Å². The molecule has 0 spiro atoms. The number of aliphatic hydroxyl groups is 2. The highest BCUT2D eigenvalue weighted by atomic mass is 35.5. The summed E-state index contributed by atoms with van der Waals surface area (Å²) in [7, 11) is 21.2. The zero-order valence-electron chi connectivity index (χ0n) is 21.9. The molecule has 1 fully saturated rings. The lowest BCUT2D eigenvalue weighted by Crippen LogP contribution is -2.58. The molecule has 1 saturated heterocycles. The number of aromatic nitrogens is 2. The standard InChI is InChI=1S/C23H23B4ClFN5O6/c1-21(2,3)40-20(37)33-4-5-34(19(36)22(24,25)38)15(10-33)12-7-13(30-16(28)8-12)11-6-14(31-17(29)9-11)18(35)32-23(26,27)39/h6-9,15,38-39H,4-5,10H2,1-3H3,(H,32,35). The van der Waals surface area contributed by atoms with E-state index in [4.69, 9.17) is 47.7 Å². The summed E-state index contributed by atoms with van der Waals surface area (Å²) in [5, 5.41) is 18.5. The van der Waals surface area contributed by atoms with Crippen molar-refractivity contribution in [3.63, 3.8) is 0 Å². The van der Waals surface area contributed by atoms with Crippen molar-refractivity contribution in [1.29, 1.82) is 0 Å². The zero-order valence-corrected chi connectivity index (χ0v) is 22.6. The summed E-state index contributed by atoms with van der Waals surface area (Å²) in [6.07, 6.45) is -0.646. The molecule has 202 valence electrons. The molecule has 3 heterocycles. The van der Waals surface area contributed by atoms with Crippen molar-refractivity contribution >= 4 is 60.9 Å². The van der Waals surface area contributed by atoms with E-state index in [1.165, 1.54) is 21.9 Å². The largest absolute Gasteiger partial charge is 0.444 e. The van der Waals surface area contributed by atoms with Gasteiger partial charge in [0.25, 0.3) is 5.91 Å². The Labute approximate surface area is 240 Å². The molecule has 2 aromatic heterocycles. The highest BCUT2D eigenvalue weighted by Gasteiger charge is 2.39. The van der Waals surface area contributed by atoms with E-state index in [1.807, 2.05) is 5.32 Å². The number of pyridine rings is 2. The Kier molecular flexibility index (Phi) is 8.97. The summed E-state index contributed by atoms with van der Waals surface area (Å²) in [5.74, 6) is -3.19. The van der Waals surface area contributed by atoms with E-state index in [0.29, 0.717) is 5.56 Å². The lowest BCUT2D eigenvalue weighted by molar-refractivity contribution is -0.144. The van der Waals surface area contributed by atoms with Gasteiger partial charge in [0.15, 0.2) is 0 Å². The average molecular weight is 563 g/mol. The molecule has 11 nitrogen and oxygen atoms in total.